The Hall–Kier alpha value is -3.00. The number of aromatic nitrogens is 3. The van der Waals surface area contributed by atoms with E-state index in [1.807, 2.05) is 0 Å². The van der Waals surface area contributed by atoms with Gasteiger partial charge in [0.25, 0.3) is 5.69 Å². The smallest absolute Gasteiger partial charge is 0.290 e. The van der Waals surface area contributed by atoms with Crippen LogP contribution in [0.2, 0.25) is 5.02 Å². The first-order valence-electron chi connectivity index (χ1n) is 6.97. The summed E-state index contributed by atoms with van der Waals surface area (Å²) in [6.07, 6.45) is 0. The van der Waals surface area contributed by atoms with Crippen LogP contribution in [-0.4, -0.2) is 20.1 Å². The van der Waals surface area contributed by atoms with E-state index >= 15 is 0 Å². The Morgan fingerprint density at radius 1 is 1.21 bits per heavy atom. The van der Waals surface area contributed by atoms with Gasteiger partial charge in [0.05, 0.1) is 11.5 Å². The predicted octanol–water partition coefficient (Wildman–Crippen LogP) is 3.61. The molecule has 9 heteroatoms. The second kappa shape index (κ2) is 6.63. The van der Waals surface area contributed by atoms with Crippen LogP contribution in [-0.2, 0) is 6.54 Å². The molecule has 0 aliphatic heterocycles. The van der Waals surface area contributed by atoms with E-state index in [4.69, 9.17) is 16.0 Å². The molecule has 1 N–H and O–H groups in total. The molecule has 0 aliphatic rings. The number of anilines is 1. The topological polar surface area (TPSA) is 107 Å². The van der Waals surface area contributed by atoms with E-state index < -0.39 is 4.92 Å². The number of aryl methyl sites for hydroxylation is 1. The van der Waals surface area contributed by atoms with Crippen LogP contribution in [0.15, 0.2) is 40.8 Å². The molecule has 3 rings (SSSR count). The first-order valence-corrected chi connectivity index (χ1v) is 7.35. The Balaban J connectivity index is 1.68. The highest BCUT2D eigenvalue weighted by atomic mass is 35.5. The van der Waals surface area contributed by atoms with Crippen molar-refractivity contribution in [2.75, 3.05) is 5.32 Å². The Kier molecular flexibility index (Phi) is 4.39. The summed E-state index contributed by atoms with van der Waals surface area (Å²) >= 11 is 5.84. The number of nitrogens with zero attached hydrogens (tertiary/aromatic N) is 4. The zero-order valence-corrected chi connectivity index (χ0v) is 13.3. The molecule has 0 bridgehead atoms. The fraction of sp³-hybridized carbons (Fsp3) is 0.133. The van der Waals surface area contributed by atoms with Crippen LogP contribution in [0.1, 0.15) is 11.6 Å². The Morgan fingerprint density at radius 2 is 1.96 bits per heavy atom. The largest absolute Gasteiger partial charge is 0.419 e. The highest BCUT2D eigenvalue weighted by molar-refractivity contribution is 6.30. The summed E-state index contributed by atoms with van der Waals surface area (Å²) in [5.74, 6) is 1.25. The summed E-state index contributed by atoms with van der Waals surface area (Å²) in [6.45, 7) is 1.83. The van der Waals surface area contributed by atoms with Gasteiger partial charge in [-0.3, -0.25) is 10.1 Å². The van der Waals surface area contributed by atoms with Crippen LogP contribution in [0.25, 0.3) is 11.5 Å². The van der Waals surface area contributed by atoms with E-state index in [0.29, 0.717) is 28.3 Å². The van der Waals surface area contributed by atoms with Gasteiger partial charge in [0.1, 0.15) is 11.5 Å². The maximum Gasteiger partial charge on any atom is 0.290 e. The number of hydrogen-bond donors (Lipinski definition) is 1. The number of benzene rings is 1. The van der Waals surface area contributed by atoms with Crippen LogP contribution >= 0.6 is 11.6 Å². The van der Waals surface area contributed by atoms with Gasteiger partial charge < -0.3 is 9.73 Å². The number of nitrogens with one attached hydrogen (secondary N) is 1. The zero-order valence-electron chi connectivity index (χ0n) is 12.6. The normalized spacial score (nSPS) is 10.6. The van der Waals surface area contributed by atoms with Crippen molar-refractivity contribution in [3.63, 3.8) is 0 Å². The molecule has 0 saturated heterocycles. The first-order chi connectivity index (χ1) is 11.5. The Bertz CT molecular complexity index is 879. The average molecular weight is 346 g/mol. The molecule has 1 aromatic carbocycles. The first kappa shape index (κ1) is 15.9. The van der Waals surface area contributed by atoms with E-state index in [1.165, 1.54) is 12.1 Å². The molecule has 8 nitrogen and oxygen atoms in total. The molecule has 0 saturated carbocycles. The summed E-state index contributed by atoms with van der Waals surface area (Å²) in [7, 11) is 0. The van der Waals surface area contributed by atoms with Crippen LogP contribution in [0.3, 0.4) is 0 Å². The summed E-state index contributed by atoms with van der Waals surface area (Å²) in [4.78, 5) is 14.4. The van der Waals surface area contributed by atoms with E-state index in [1.54, 1.807) is 31.2 Å². The number of rotatable bonds is 5. The maximum atomic E-state index is 10.8. The van der Waals surface area contributed by atoms with Gasteiger partial charge in [-0.05, 0) is 37.3 Å². The fourth-order valence-electron chi connectivity index (χ4n) is 2.05. The quantitative estimate of drug-likeness (QED) is 0.555. The number of hydrogen-bond acceptors (Lipinski definition) is 7. The lowest BCUT2D eigenvalue weighted by molar-refractivity contribution is -0.385. The molecule has 122 valence electrons. The molecular weight excluding hydrogens is 334 g/mol. The molecule has 0 fully saturated rings. The second-order valence-corrected chi connectivity index (χ2v) is 5.36. The van der Waals surface area contributed by atoms with Crippen LogP contribution in [0.4, 0.5) is 11.5 Å². The lowest BCUT2D eigenvalue weighted by Gasteiger charge is -2.03. The average Bonchev–Trinajstić information content (AvgIpc) is 3.02. The van der Waals surface area contributed by atoms with E-state index in [2.05, 4.69) is 20.5 Å². The molecule has 2 heterocycles. The minimum Gasteiger partial charge on any atom is -0.419 e. The molecule has 0 amide bonds. The van der Waals surface area contributed by atoms with E-state index in [0.717, 1.165) is 5.56 Å². The summed E-state index contributed by atoms with van der Waals surface area (Å²) in [6, 6.07) is 9.98. The third-order valence-electron chi connectivity index (χ3n) is 3.23. The van der Waals surface area contributed by atoms with Crippen LogP contribution in [0.5, 0.6) is 0 Å². The molecule has 3 aromatic rings. The number of halogens is 1. The van der Waals surface area contributed by atoms with Crippen molar-refractivity contribution in [1.82, 2.24) is 15.2 Å². The van der Waals surface area contributed by atoms with Crippen LogP contribution < -0.4 is 5.32 Å². The Morgan fingerprint density at radius 3 is 2.62 bits per heavy atom. The SMILES string of the molecule is Cc1nc(NCc2nnc(-c3ccc(Cl)cc3)o2)ccc1[N+](=O)[O-]. The highest BCUT2D eigenvalue weighted by Crippen LogP contribution is 2.21. The molecular formula is C15H12ClN5O3. The lowest BCUT2D eigenvalue weighted by Crippen LogP contribution is -2.03. The predicted molar refractivity (Wildman–Crippen MR) is 87.7 cm³/mol. The van der Waals surface area contributed by atoms with Gasteiger partial charge in [0.2, 0.25) is 11.8 Å². The van der Waals surface area contributed by atoms with Crippen molar-refractivity contribution < 1.29 is 9.34 Å². The van der Waals surface area contributed by atoms with Gasteiger partial charge in [-0.25, -0.2) is 4.98 Å². The summed E-state index contributed by atoms with van der Waals surface area (Å²) < 4.78 is 5.56. The van der Waals surface area contributed by atoms with E-state index in [-0.39, 0.29) is 12.2 Å². The molecule has 0 unspecified atom stereocenters. The van der Waals surface area contributed by atoms with Crippen molar-refractivity contribution in [2.45, 2.75) is 13.5 Å². The maximum absolute atomic E-state index is 10.8. The molecule has 24 heavy (non-hydrogen) atoms. The molecule has 0 atom stereocenters. The standard InChI is InChI=1S/C15H12ClN5O3/c1-9-12(21(22)23)6-7-13(18-9)17-8-14-19-20-15(24-14)10-2-4-11(16)5-3-10/h2-7H,8H2,1H3,(H,17,18). The van der Waals surface area contributed by atoms with Crippen molar-refractivity contribution in [1.29, 1.82) is 0 Å². The van der Waals surface area contributed by atoms with Crippen molar-refractivity contribution in [2.24, 2.45) is 0 Å². The minimum absolute atomic E-state index is 0.0247. The number of pyridine rings is 1. The van der Waals surface area contributed by atoms with Gasteiger partial charge in [-0.15, -0.1) is 10.2 Å². The lowest BCUT2D eigenvalue weighted by atomic mass is 10.2. The summed E-state index contributed by atoms with van der Waals surface area (Å²) in [5, 5.41) is 22.3. The second-order valence-electron chi connectivity index (χ2n) is 4.92. The highest BCUT2D eigenvalue weighted by Gasteiger charge is 2.13. The van der Waals surface area contributed by atoms with Gasteiger partial charge >= 0.3 is 0 Å². The summed E-state index contributed by atoms with van der Waals surface area (Å²) in [5.41, 5.74) is 1.07. The van der Waals surface area contributed by atoms with Crippen molar-refractivity contribution in [3.8, 4) is 11.5 Å². The van der Waals surface area contributed by atoms with Gasteiger partial charge in [-0.1, -0.05) is 11.6 Å². The molecule has 0 radical (unpaired) electrons. The minimum atomic E-state index is -0.470. The van der Waals surface area contributed by atoms with E-state index in [9.17, 15) is 10.1 Å². The van der Waals surface area contributed by atoms with Crippen molar-refractivity contribution >= 4 is 23.1 Å². The van der Waals surface area contributed by atoms with Gasteiger partial charge in [-0.2, -0.15) is 0 Å². The zero-order chi connectivity index (χ0) is 17.1. The number of nitro groups is 1. The molecule has 0 spiro atoms. The third-order valence-corrected chi connectivity index (χ3v) is 3.49. The third kappa shape index (κ3) is 3.49. The monoisotopic (exact) mass is 345 g/mol. The molecule has 0 aliphatic carbocycles. The van der Waals surface area contributed by atoms with Crippen LogP contribution in [0, 0.1) is 17.0 Å². The fourth-order valence-corrected chi connectivity index (χ4v) is 2.17. The Labute approximate surface area is 141 Å². The van der Waals surface area contributed by atoms with Crippen molar-refractivity contribution in [3.05, 3.63) is 63.1 Å². The van der Waals surface area contributed by atoms with Gasteiger partial charge in [0, 0.05) is 16.7 Å². The van der Waals surface area contributed by atoms with Gasteiger partial charge in [0.15, 0.2) is 0 Å². The molecule has 2 aromatic heterocycles.